The first-order valence-corrected chi connectivity index (χ1v) is 7.87. The van der Waals surface area contributed by atoms with Crippen LogP contribution in [0.2, 0.25) is 0 Å². The Morgan fingerprint density at radius 2 is 2.19 bits per heavy atom. The zero-order chi connectivity index (χ0) is 11.4. The van der Waals surface area contributed by atoms with E-state index in [1.54, 1.807) is 0 Å². The van der Waals surface area contributed by atoms with E-state index < -0.39 is 0 Å². The van der Waals surface area contributed by atoms with Crippen LogP contribution < -0.4 is 5.32 Å². The normalized spacial score (nSPS) is 31.5. The smallest absolute Gasteiger partial charge is 0.0851 e. The van der Waals surface area contributed by atoms with E-state index in [-0.39, 0.29) is 5.60 Å². The van der Waals surface area contributed by atoms with Gasteiger partial charge in [0, 0.05) is 12.6 Å². The van der Waals surface area contributed by atoms with Gasteiger partial charge in [0.05, 0.1) is 12.2 Å². The Balaban J connectivity index is 2.00. The lowest BCUT2D eigenvalue weighted by atomic mass is 9.81. The number of morpholine rings is 1. The van der Waals surface area contributed by atoms with Crippen molar-refractivity contribution in [3.05, 3.63) is 0 Å². The highest BCUT2D eigenvalue weighted by atomic mass is 32.2. The van der Waals surface area contributed by atoms with Crippen LogP contribution in [0.15, 0.2) is 0 Å². The molecule has 2 atom stereocenters. The van der Waals surface area contributed by atoms with Crippen molar-refractivity contribution in [1.29, 1.82) is 0 Å². The van der Waals surface area contributed by atoms with E-state index in [0.717, 1.165) is 19.1 Å². The van der Waals surface area contributed by atoms with Gasteiger partial charge in [0.15, 0.2) is 0 Å². The Morgan fingerprint density at radius 3 is 2.88 bits per heavy atom. The second kappa shape index (κ2) is 5.74. The van der Waals surface area contributed by atoms with Gasteiger partial charge in [-0.05, 0) is 36.7 Å². The van der Waals surface area contributed by atoms with Crippen LogP contribution in [0.3, 0.4) is 0 Å². The Labute approximate surface area is 104 Å². The van der Waals surface area contributed by atoms with Gasteiger partial charge in [-0.25, -0.2) is 0 Å². The molecular formula is C13H25NOS. The molecule has 94 valence electrons. The molecule has 2 rings (SSSR count). The standard InChI is InChI=1S/C13H25NOS/c1-3-11(2)10-12-13(15-7-6-14-12)4-8-16-9-5-13/h11-12,14H,3-10H2,1-2H3. The number of hydrogen-bond acceptors (Lipinski definition) is 3. The molecule has 0 aromatic carbocycles. The molecule has 0 aromatic rings. The Hall–Kier alpha value is 0.270. The lowest BCUT2D eigenvalue weighted by Crippen LogP contribution is -2.59. The fourth-order valence-electron chi connectivity index (χ4n) is 2.85. The summed E-state index contributed by atoms with van der Waals surface area (Å²) in [5.74, 6) is 3.36. The molecule has 0 amide bonds. The van der Waals surface area contributed by atoms with Crippen molar-refractivity contribution >= 4 is 11.8 Å². The van der Waals surface area contributed by atoms with Crippen molar-refractivity contribution < 1.29 is 4.74 Å². The molecule has 0 aromatic heterocycles. The van der Waals surface area contributed by atoms with Crippen molar-refractivity contribution in [2.45, 2.75) is 51.2 Å². The highest BCUT2D eigenvalue weighted by molar-refractivity contribution is 7.99. The number of hydrogen-bond donors (Lipinski definition) is 1. The molecule has 2 saturated heterocycles. The summed E-state index contributed by atoms with van der Waals surface area (Å²) in [5.41, 5.74) is 0.174. The van der Waals surface area contributed by atoms with Crippen LogP contribution in [0.5, 0.6) is 0 Å². The summed E-state index contributed by atoms with van der Waals surface area (Å²) < 4.78 is 6.19. The molecule has 1 N–H and O–H groups in total. The Kier molecular flexibility index (Phi) is 4.57. The van der Waals surface area contributed by atoms with E-state index in [4.69, 9.17) is 4.74 Å². The minimum Gasteiger partial charge on any atom is -0.372 e. The molecule has 16 heavy (non-hydrogen) atoms. The van der Waals surface area contributed by atoms with Gasteiger partial charge in [0.2, 0.25) is 0 Å². The largest absolute Gasteiger partial charge is 0.372 e. The van der Waals surface area contributed by atoms with Gasteiger partial charge in [-0.15, -0.1) is 0 Å². The highest BCUT2D eigenvalue weighted by Gasteiger charge is 2.43. The van der Waals surface area contributed by atoms with Gasteiger partial charge >= 0.3 is 0 Å². The van der Waals surface area contributed by atoms with Gasteiger partial charge in [-0.2, -0.15) is 11.8 Å². The van der Waals surface area contributed by atoms with Gasteiger partial charge in [-0.3, -0.25) is 0 Å². The second-order valence-electron chi connectivity index (χ2n) is 5.28. The summed E-state index contributed by atoms with van der Waals surface area (Å²) >= 11 is 2.08. The van der Waals surface area contributed by atoms with Crippen LogP contribution in [0.1, 0.15) is 39.5 Å². The predicted molar refractivity (Wildman–Crippen MR) is 71.1 cm³/mol. The van der Waals surface area contributed by atoms with E-state index in [9.17, 15) is 0 Å². The molecule has 3 heteroatoms. The first-order valence-electron chi connectivity index (χ1n) is 6.72. The van der Waals surface area contributed by atoms with Crippen LogP contribution in [-0.4, -0.2) is 36.3 Å². The molecule has 2 fully saturated rings. The van der Waals surface area contributed by atoms with E-state index in [1.807, 2.05) is 0 Å². The van der Waals surface area contributed by atoms with E-state index in [1.165, 1.54) is 37.2 Å². The average Bonchev–Trinajstić information content (AvgIpc) is 2.33. The third-order valence-electron chi connectivity index (χ3n) is 4.19. The van der Waals surface area contributed by atoms with Gasteiger partial charge < -0.3 is 10.1 Å². The molecule has 2 heterocycles. The summed E-state index contributed by atoms with van der Waals surface area (Å²) in [6, 6.07) is 0.595. The van der Waals surface area contributed by atoms with Gasteiger partial charge in [0.1, 0.15) is 0 Å². The van der Waals surface area contributed by atoms with E-state index >= 15 is 0 Å². The van der Waals surface area contributed by atoms with Crippen LogP contribution >= 0.6 is 11.8 Å². The third-order valence-corrected chi connectivity index (χ3v) is 5.18. The van der Waals surface area contributed by atoms with Gasteiger partial charge in [0.25, 0.3) is 0 Å². The Bertz CT molecular complexity index is 208. The summed E-state index contributed by atoms with van der Waals surface area (Å²) in [6.07, 6.45) is 5.04. The Morgan fingerprint density at radius 1 is 1.44 bits per heavy atom. The van der Waals surface area contributed by atoms with Crippen LogP contribution in [0.25, 0.3) is 0 Å². The van der Waals surface area contributed by atoms with Crippen LogP contribution in [0, 0.1) is 5.92 Å². The lowest BCUT2D eigenvalue weighted by Gasteiger charge is -2.47. The van der Waals surface area contributed by atoms with Gasteiger partial charge in [-0.1, -0.05) is 20.3 Å². The predicted octanol–water partition coefficient (Wildman–Crippen LogP) is 2.68. The molecule has 2 aliphatic heterocycles. The van der Waals surface area contributed by atoms with Crippen molar-refractivity contribution in [2.24, 2.45) is 5.92 Å². The van der Waals surface area contributed by atoms with Crippen LogP contribution in [0.4, 0.5) is 0 Å². The van der Waals surface area contributed by atoms with Crippen molar-refractivity contribution in [3.8, 4) is 0 Å². The fraction of sp³-hybridized carbons (Fsp3) is 1.00. The molecule has 1 spiro atoms. The molecule has 2 aliphatic rings. The minimum atomic E-state index is 0.174. The summed E-state index contributed by atoms with van der Waals surface area (Å²) in [5, 5.41) is 3.71. The summed E-state index contributed by atoms with van der Waals surface area (Å²) in [4.78, 5) is 0. The first kappa shape index (κ1) is 12.7. The fourth-order valence-corrected chi connectivity index (χ4v) is 4.03. The lowest BCUT2D eigenvalue weighted by molar-refractivity contribution is -0.106. The summed E-state index contributed by atoms with van der Waals surface area (Å²) in [6.45, 7) is 6.59. The van der Waals surface area contributed by atoms with Crippen molar-refractivity contribution in [3.63, 3.8) is 0 Å². The third kappa shape index (κ3) is 2.74. The number of ether oxygens (including phenoxy) is 1. The topological polar surface area (TPSA) is 21.3 Å². The maximum absolute atomic E-state index is 6.19. The average molecular weight is 243 g/mol. The molecule has 0 saturated carbocycles. The summed E-state index contributed by atoms with van der Waals surface area (Å²) in [7, 11) is 0. The molecule has 2 nitrogen and oxygen atoms in total. The number of thioether (sulfide) groups is 1. The first-order chi connectivity index (χ1) is 7.77. The monoisotopic (exact) mass is 243 g/mol. The van der Waals surface area contributed by atoms with E-state index in [0.29, 0.717) is 6.04 Å². The SMILES string of the molecule is CCC(C)CC1NCCOC12CCSCC2. The zero-order valence-corrected chi connectivity index (χ0v) is 11.4. The number of nitrogens with one attached hydrogen (secondary N) is 1. The second-order valence-corrected chi connectivity index (χ2v) is 6.51. The van der Waals surface area contributed by atoms with Crippen molar-refractivity contribution in [2.75, 3.05) is 24.7 Å². The zero-order valence-electron chi connectivity index (χ0n) is 10.6. The quantitative estimate of drug-likeness (QED) is 0.823. The minimum absolute atomic E-state index is 0.174. The molecule has 2 unspecified atom stereocenters. The molecule has 0 aliphatic carbocycles. The van der Waals surface area contributed by atoms with Crippen molar-refractivity contribution in [1.82, 2.24) is 5.32 Å². The highest BCUT2D eigenvalue weighted by Crippen LogP contribution is 2.37. The molecule has 0 radical (unpaired) electrons. The molecular weight excluding hydrogens is 218 g/mol. The molecule has 0 bridgehead atoms. The number of rotatable bonds is 3. The van der Waals surface area contributed by atoms with E-state index in [2.05, 4.69) is 30.9 Å². The maximum atomic E-state index is 6.19. The van der Waals surface area contributed by atoms with Crippen LogP contribution in [-0.2, 0) is 4.74 Å². The maximum Gasteiger partial charge on any atom is 0.0851 e.